The van der Waals surface area contributed by atoms with Crippen LogP contribution in [0.25, 0.3) is 0 Å². The molecule has 0 aliphatic heterocycles. The lowest BCUT2D eigenvalue weighted by atomic mass is 9.84. The summed E-state index contributed by atoms with van der Waals surface area (Å²) in [4.78, 5) is 12.0. The molecule has 4 nitrogen and oxygen atoms in total. The van der Waals surface area contributed by atoms with E-state index in [-0.39, 0.29) is 5.92 Å². The Labute approximate surface area is 134 Å². The van der Waals surface area contributed by atoms with Crippen LogP contribution in [0, 0.1) is 17.2 Å². The Kier molecular flexibility index (Phi) is 5.72. The highest BCUT2D eigenvalue weighted by Gasteiger charge is 2.25. The van der Waals surface area contributed by atoms with Crippen LogP contribution in [0.3, 0.4) is 0 Å². The molecule has 0 radical (unpaired) electrons. The number of halogens is 2. The summed E-state index contributed by atoms with van der Waals surface area (Å²) >= 11 is 11.9. The number of carbonyl (C=O) groups is 1. The van der Waals surface area contributed by atoms with Gasteiger partial charge in [0, 0.05) is 5.02 Å². The number of rotatable bonds is 3. The predicted molar refractivity (Wildman–Crippen MR) is 84.6 cm³/mol. The number of nitrogens with one attached hydrogen (secondary N) is 2. The van der Waals surface area contributed by atoms with Gasteiger partial charge in [0.2, 0.25) is 0 Å². The number of anilines is 1. The van der Waals surface area contributed by atoms with Crippen LogP contribution in [0.2, 0.25) is 10.0 Å². The predicted octanol–water partition coefficient (Wildman–Crippen LogP) is 4.59. The minimum atomic E-state index is -0.469. The number of benzene rings is 1. The fraction of sp³-hybridized carbons (Fsp3) is 0.467. The van der Waals surface area contributed by atoms with E-state index in [0.717, 1.165) is 25.7 Å². The number of amides is 2. The van der Waals surface area contributed by atoms with Crippen LogP contribution in [0.5, 0.6) is 0 Å². The van der Waals surface area contributed by atoms with Gasteiger partial charge in [-0.2, -0.15) is 5.26 Å². The molecule has 1 aliphatic carbocycles. The van der Waals surface area contributed by atoms with E-state index in [0.29, 0.717) is 15.7 Å². The summed E-state index contributed by atoms with van der Waals surface area (Å²) < 4.78 is 0. The zero-order chi connectivity index (χ0) is 15.2. The molecule has 1 fully saturated rings. The second-order valence-electron chi connectivity index (χ2n) is 5.23. The second-order valence-corrected chi connectivity index (χ2v) is 6.07. The fourth-order valence-electron chi connectivity index (χ4n) is 2.62. The van der Waals surface area contributed by atoms with Crippen molar-refractivity contribution < 1.29 is 4.79 Å². The Hall–Kier alpha value is -1.44. The Morgan fingerprint density at radius 1 is 1.29 bits per heavy atom. The summed E-state index contributed by atoms with van der Waals surface area (Å²) in [6, 6.07) is 6.11. The molecule has 2 rings (SSSR count). The summed E-state index contributed by atoms with van der Waals surface area (Å²) in [5.41, 5.74) is 0.432. The highest BCUT2D eigenvalue weighted by Crippen LogP contribution is 2.27. The lowest BCUT2D eigenvalue weighted by molar-refractivity contribution is 0.241. The lowest BCUT2D eigenvalue weighted by Crippen LogP contribution is -2.42. The van der Waals surface area contributed by atoms with Gasteiger partial charge in [0.25, 0.3) is 0 Å². The van der Waals surface area contributed by atoms with Gasteiger partial charge in [-0.25, -0.2) is 4.79 Å². The molecule has 1 unspecified atom stereocenters. The monoisotopic (exact) mass is 325 g/mol. The normalized spacial score (nSPS) is 16.8. The fourth-order valence-corrected chi connectivity index (χ4v) is 2.95. The van der Waals surface area contributed by atoms with Crippen molar-refractivity contribution in [1.29, 1.82) is 5.26 Å². The number of urea groups is 1. The minimum Gasteiger partial charge on any atom is -0.322 e. The SMILES string of the molecule is N#CC(NC(=O)Nc1cc(Cl)ccc1Cl)C1CCCCC1. The van der Waals surface area contributed by atoms with Crippen molar-refractivity contribution in [1.82, 2.24) is 5.32 Å². The Morgan fingerprint density at radius 3 is 2.67 bits per heavy atom. The van der Waals surface area contributed by atoms with Crippen molar-refractivity contribution in [3.8, 4) is 6.07 Å². The topological polar surface area (TPSA) is 64.9 Å². The van der Waals surface area contributed by atoms with Gasteiger partial charge in [-0.3, -0.25) is 0 Å². The molecule has 0 heterocycles. The largest absolute Gasteiger partial charge is 0.322 e. The molecular formula is C15H17Cl2N3O. The smallest absolute Gasteiger partial charge is 0.320 e. The van der Waals surface area contributed by atoms with E-state index in [9.17, 15) is 10.1 Å². The van der Waals surface area contributed by atoms with E-state index in [1.54, 1.807) is 18.2 Å². The third kappa shape index (κ3) is 4.52. The minimum absolute atomic E-state index is 0.226. The first-order chi connectivity index (χ1) is 10.1. The zero-order valence-electron chi connectivity index (χ0n) is 11.5. The van der Waals surface area contributed by atoms with Gasteiger partial charge in [-0.05, 0) is 37.0 Å². The first-order valence-electron chi connectivity index (χ1n) is 7.02. The Bertz CT molecular complexity index is 550. The maximum atomic E-state index is 12.0. The highest BCUT2D eigenvalue weighted by atomic mass is 35.5. The van der Waals surface area contributed by atoms with Gasteiger partial charge in [-0.1, -0.05) is 42.5 Å². The third-order valence-electron chi connectivity index (χ3n) is 3.72. The summed E-state index contributed by atoms with van der Waals surface area (Å²) in [7, 11) is 0. The molecule has 1 aromatic rings. The number of hydrogen-bond donors (Lipinski definition) is 2. The van der Waals surface area contributed by atoms with E-state index in [4.69, 9.17) is 23.2 Å². The van der Waals surface area contributed by atoms with Crippen LogP contribution in [0.15, 0.2) is 18.2 Å². The van der Waals surface area contributed by atoms with Gasteiger partial charge in [-0.15, -0.1) is 0 Å². The van der Waals surface area contributed by atoms with E-state index in [2.05, 4.69) is 16.7 Å². The van der Waals surface area contributed by atoms with Gasteiger partial charge in [0.15, 0.2) is 0 Å². The lowest BCUT2D eigenvalue weighted by Gasteiger charge is -2.26. The van der Waals surface area contributed by atoms with Crippen LogP contribution < -0.4 is 10.6 Å². The van der Waals surface area contributed by atoms with E-state index in [1.807, 2.05) is 0 Å². The molecule has 6 heteroatoms. The molecule has 0 saturated heterocycles. The van der Waals surface area contributed by atoms with Gasteiger partial charge >= 0.3 is 6.03 Å². The molecular weight excluding hydrogens is 309 g/mol. The van der Waals surface area contributed by atoms with Crippen molar-refractivity contribution in [2.24, 2.45) is 5.92 Å². The Morgan fingerprint density at radius 2 is 2.00 bits per heavy atom. The summed E-state index contributed by atoms with van der Waals surface area (Å²) in [5, 5.41) is 15.5. The maximum Gasteiger partial charge on any atom is 0.320 e. The first kappa shape index (κ1) is 15.9. The van der Waals surface area contributed by atoms with Crippen molar-refractivity contribution in [2.45, 2.75) is 38.1 Å². The van der Waals surface area contributed by atoms with Gasteiger partial charge in [0.1, 0.15) is 6.04 Å². The molecule has 0 aromatic heterocycles. The van der Waals surface area contributed by atoms with Crippen LogP contribution in [-0.2, 0) is 0 Å². The zero-order valence-corrected chi connectivity index (χ0v) is 13.0. The van der Waals surface area contributed by atoms with Crippen LogP contribution >= 0.6 is 23.2 Å². The average Bonchev–Trinajstić information content (AvgIpc) is 2.49. The molecule has 1 atom stereocenters. The van der Waals surface area contributed by atoms with Crippen LogP contribution in [0.4, 0.5) is 10.5 Å². The number of nitriles is 1. The molecule has 0 spiro atoms. The molecule has 0 bridgehead atoms. The summed E-state index contributed by atoms with van der Waals surface area (Å²) in [6.45, 7) is 0. The quantitative estimate of drug-likeness (QED) is 0.853. The van der Waals surface area contributed by atoms with Crippen molar-refractivity contribution in [3.05, 3.63) is 28.2 Å². The van der Waals surface area contributed by atoms with E-state index >= 15 is 0 Å². The van der Waals surface area contributed by atoms with Gasteiger partial charge < -0.3 is 10.6 Å². The molecule has 112 valence electrons. The number of hydrogen-bond acceptors (Lipinski definition) is 2. The molecule has 1 aliphatic rings. The summed E-state index contributed by atoms with van der Waals surface area (Å²) in [5.74, 6) is 0.226. The van der Waals surface area contributed by atoms with Crippen molar-refractivity contribution in [3.63, 3.8) is 0 Å². The van der Waals surface area contributed by atoms with Crippen molar-refractivity contribution >= 4 is 34.9 Å². The Balaban J connectivity index is 1.96. The van der Waals surface area contributed by atoms with Crippen LogP contribution in [0.1, 0.15) is 32.1 Å². The molecule has 2 N–H and O–H groups in total. The summed E-state index contributed by atoms with van der Waals surface area (Å²) in [6.07, 6.45) is 5.41. The number of nitrogens with zero attached hydrogens (tertiary/aromatic N) is 1. The van der Waals surface area contributed by atoms with Crippen molar-refractivity contribution in [2.75, 3.05) is 5.32 Å². The van der Waals surface area contributed by atoms with E-state index < -0.39 is 12.1 Å². The molecule has 21 heavy (non-hydrogen) atoms. The standard InChI is InChI=1S/C15H17Cl2N3O/c16-11-6-7-12(17)13(8-11)19-15(21)20-14(9-18)10-4-2-1-3-5-10/h6-8,10,14H,1-5H2,(H2,19,20,21). The molecule has 1 saturated carbocycles. The maximum absolute atomic E-state index is 12.0. The number of carbonyl (C=O) groups excluding carboxylic acids is 1. The third-order valence-corrected chi connectivity index (χ3v) is 4.29. The van der Waals surface area contributed by atoms with Gasteiger partial charge in [0.05, 0.1) is 16.8 Å². The second kappa shape index (κ2) is 7.53. The highest BCUT2D eigenvalue weighted by molar-refractivity contribution is 6.35. The molecule has 1 aromatic carbocycles. The van der Waals surface area contributed by atoms with Crippen LogP contribution in [-0.4, -0.2) is 12.1 Å². The van der Waals surface area contributed by atoms with E-state index in [1.165, 1.54) is 6.42 Å². The first-order valence-corrected chi connectivity index (χ1v) is 7.78. The molecule has 2 amide bonds. The average molecular weight is 326 g/mol.